The molecule has 7 rings (SSSR count). The van der Waals surface area contributed by atoms with E-state index in [0.717, 1.165) is 76.5 Å². The summed E-state index contributed by atoms with van der Waals surface area (Å²) in [5, 5.41) is 0. The molecule has 1 aliphatic heterocycles. The third-order valence-corrected chi connectivity index (χ3v) is 8.95. The highest BCUT2D eigenvalue weighted by molar-refractivity contribution is 5.85. The highest BCUT2D eigenvalue weighted by Gasteiger charge is 2.50. The molecule has 6 saturated carbocycles. The van der Waals surface area contributed by atoms with Crippen molar-refractivity contribution in [3.63, 3.8) is 0 Å². The second-order valence-corrected chi connectivity index (χ2v) is 10.1. The first-order chi connectivity index (χ1) is 12.6. The Morgan fingerprint density at radius 3 is 1.08 bits per heavy atom. The van der Waals surface area contributed by atoms with Crippen LogP contribution in [0.3, 0.4) is 0 Å². The van der Waals surface area contributed by atoms with E-state index < -0.39 is 0 Å². The monoisotopic (exact) mass is 358 g/mol. The van der Waals surface area contributed by atoms with Crippen molar-refractivity contribution < 1.29 is 9.59 Å². The Morgan fingerprint density at radius 1 is 0.538 bits per heavy atom. The van der Waals surface area contributed by atoms with Gasteiger partial charge in [-0.1, -0.05) is 0 Å². The van der Waals surface area contributed by atoms with E-state index in [-0.39, 0.29) is 10.8 Å². The van der Waals surface area contributed by atoms with Gasteiger partial charge in [-0.3, -0.25) is 9.59 Å². The van der Waals surface area contributed by atoms with Crippen molar-refractivity contribution >= 4 is 11.8 Å². The van der Waals surface area contributed by atoms with E-state index in [9.17, 15) is 9.59 Å². The number of rotatable bonds is 2. The minimum atomic E-state index is -0.0403. The molecule has 0 aromatic rings. The molecule has 4 nitrogen and oxygen atoms in total. The molecular formula is C22H34N2O2. The van der Waals surface area contributed by atoms with Crippen LogP contribution >= 0.6 is 0 Å². The van der Waals surface area contributed by atoms with Crippen LogP contribution in [0.1, 0.15) is 77.0 Å². The quantitative estimate of drug-likeness (QED) is 0.757. The van der Waals surface area contributed by atoms with E-state index >= 15 is 0 Å². The van der Waals surface area contributed by atoms with Crippen LogP contribution in [-0.4, -0.2) is 47.8 Å². The maximum atomic E-state index is 13.3. The fraction of sp³-hybridized carbons (Fsp3) is 0.909. The third kappa shape index (κ3) is 2.62. The lowest BCUT2D eigenvalue weighted by Gasteiger charge is -2.50. The van der Waals surface area contributed by atoms with E-state index in [0.29, 0.717) is 11.8 Å². The van der Waals surface area contributed by atoms with Crippen LogP contribution in [0.25, 0.3) is 0 Å². The molecule has 144 valence electrons. The zero-order chi connectivity index (χ0) is 17.8. The van der Waals surface area contributed by atoms with Crippen molar-refractivity contribution in [3.05, 3.63) is 0 Å². The molecule has 0 N–H and O–H groups in total. The molecule has 7 fully saturated rings. The number of hydrogen-bond donors (Lipinski definition) is 0. The summed E-state index contributed by atoms with van der Waals surface area (Å²) in [6.45, 7) is 3.03. The molecule has 7 aliphatic rings. The highest BCUT2D eigenvalue weighted by Crippen LogP contribution is 2.52. The second kappa shape index (κ2) is 6.24. The smallest absolute Gasteiger partial charge is 0.228 e. The van der Waals surface area contributed by atoms with E-state index in [2.05, 4.69) is 9.80 Å². The van der Waals surface area contributed by atoms with E-state index in [1.165, 1.54) is 38.5 Å². The van der Waals surface area contributed by atoms with Crippen molar-refractivity contribution in [3.8, 4) is 0 Å². The number of amides is 2. The van der Waals surface area contributed by atoms with Gasteiger partial charge in [0.25, 0.3) is 0 Å². The van der Waals surface area contributed by atoms with Crippen molar-refractivity contribution in [2.24, 2.45) is 22.7 Å². The Hall–Kier alpha value is -1.06. The molecule has 0 aromatic heterocycles. The molecule has 4 bridgehead atoms. The number of hydrogen-bond acceptors (Lipinski definition) is 2. The summed E-state index contributed by atoms with van der Waals surface area (Å²) in [5.41, 5.74) is -0.0806. The van der Waals surface area contributed by atoms with Crippen LogP contribution in [0.4, 0.5) is 0 Å². The summed E-state index contributed by atoms with van der Waals surface area (Å²) in [6.07, 6.45) is 14.2. The lowest BCUT2D eigenvalue weighted by Crippen LogP contribution is -2.58. The predicted octanol–water partition coefficient (Wildman–Crippen LogP) is 3.60. The number of carbonyl (C=O) groups is 2. The van der Waals surface area contributed by atoms with Gasteiger partial charge in [-0.2, -0.15) is 0 Å². The van der Waals surface area contributed by atoms with Gasteiger partial charge in [-0.05, 0) is 88.9 Å². The Labute approximate surface area is 157 Å². The zero-order valence-corrected chi connectivity index (χ0v) is 16.2. The maximum Gasteiger partial charge on any atom is 0.228 e. The molecule has 0 spiro atoms. The Morgan fingerprint density at radius 2 is 0.808 bits per heavy atom. The van der Waals surface area contributed by atoms with Crippen LogP contribution in [-0.2, 0) is 9.59 Å². The number of carbonyl (C=O) groups excluding carboxylic acids is 2. The summed E-state index contributed by atoms with van der Waals surface area (Å²) in [4.78, 5) is 30.7. The minimum Gasteiger partial charge on any atom is -0.339 e. The molecule has 0 atom stereocenters. The topological polar surface area (TPSA) is 40.6 Å². The first-order valence-electron chi connectivity index (χ1n) is 11.2. The van der Waals surface area contributed by atoms with Gasteiger partial charge in [-0.25, -0.2) is 0 Å². The summed E-state index contributed by atoms with van der Waals surface area (Å²) < 4.78 is 0. The molecule has 1 saturated heterocycles. The lowest BCUT2D eigenvalue weighted by atomic mass is 9.60. The standard InChI is InChI=1S/C22H34N2O2/c25-19(21-7-1-17(2-8-21)3-9-21)23-13-15-24(16-14-23)20(26)22-10-4-18(5-11-22)6-12-22/h17-18H,1-16H2. The summed E-state index contributed by atoms with van der Waals surface area (Å²) >= 11 is 0. The Balaban J connectivity index is 1.21. The minimum absolute atomic E-state index is 0.0403. The second-order valence-electron chi connectivity index (χ2n) is 10.1. The van der Waals surface area contributed by atoms with Gasteiger partial charge in [-0.15, -0.1) is 0 Å². The van der Waals surface area contributed by atoms with Crippen LogP contribution in [0.2, 0.25) is 0 Å². The van der Waals surface area contributed by atoms with Crippen LogP contribution in [0, 0.1) is 22.7 Å². The van der Waals surface area contributed by atoms with E-state index in [1.807, 2.05) is 0 Å². The van der Waals surface area contributed by atoms with Crippen molar-refractivity contribution in [1.82, 2.24) is 9.80 Å². The zero-order valence-electron chi connectivity index (χ0n) is 16.2. The van der Waals surface area contributed by atoms with Crippen molar-refractivity contribution in [1.29, 1.82) is 0 Å². The highest BCUT2D eigenvalue weighted by atomic mass is 16.2. The number of fused-ring (bicyclic) bond motifs is 6. The van der Waals surface area contributed by atoms with Crippen molar-refractivity contribution in [2.45, 2.75) is 77.0 Å². The van der Waals surface area contributed by atoms with Crippen LogP contribution in [0.5, 0.6) is 0 Å². The lowest BCUT2D eigenvalue weighted by molar-refractivity contribution is -0.157. The average Bonchev–Trinajstić information content (AvgIpc) is 2.75. The van der Waals surface area contributed by atoms with Gasteiger partial charge in [0.2, 0.25) is 11.8 Å². The molecular weight excluding hydrogens is 324 g/mol. The van der Waals surface area contributed by atoms with E-state index in [4.69, 9.17) is 0 Å². The summed E-state index contributed by atoms with van der Waals surface area (Å²) in [7, 11) is 0. The Bertz CT molecular complexity index is 497. The van der Waals surface area contributed by atoms with Crippen LogP contribution < -0.4 is 0 Å². The van der Waals surface area contributed by atoms with Gasteiger partial charge in [0, 0.05) is 37.0 Å². The molecule has 6 aliphatic carbocycles. The first-order valence-corrected chi connectivity index (χ1v) is 11.2. The Kier molecular flexibility index (Phi) is 4.09. The fourth-order valence-corrected chi connectivity index (χ4v) is 6.92. The van der Waals surface area contributed by atoms with Crippen molar-refractivity contribution in [2.75, 3.05) is 26.2 Å². The fourth-order valence-electron chi connectivity index (χ4n) is 6.92. The van der Waals surface area contributed by atoms with Crippen LogP contribution in [0.15, 0.2) is 0 Å². The largest absolute Gasteiger partial charge is 0.339 e. The molecule has 0 radical (unpaired) electrons. The maximum absolute atomic E-state index is 13.3. The van der Waals surface area contributed by atoms with Gasteiger partial charge in [0.15, 0.2) is 0 Å². The average molecular weight is 359 g/mol. The van der Waals surface area contributed by atoms with E-state index in [1.54, 1.807) is 0 Å². The molecule has 26 heavy (non-hydrogen) atoms. The molecule has 1 heterocycles. The number of nitrogens with zero attached hydrogens (tertiary/aromatic N) is 2. The van der Waals surface area contributed by atoms with Gasteiger partial charge in [0.1, 0.15) is 0 Å². The molecule has 0 aromatic carbocycles. The SMILES string of the molecule is O=C(N1CCN(C(=O)C23CCC(CC2)CC3)CC1)C12CCC(CC1)CC2. The molecule has 2 amide bonds. The first kappa shape index (κ1) is 17.1. The summed E-state index contributed by atoms with van der Waals surface area (Å²) in [6, 6.07) is 0. The number of piperazine rings is 1. The van der Waals surface area contributed by atoms with Gasteiger partial charge < -0.3 is 9.80 Å². The molecule has 4 heteroatoms. The van der Waals surface area contributed by atoms with Gasteiger partial charge >= 0.3 is 0 Å². The predicted molar refractivity (Wildman–Crippen MR) is 100 cm³/mol. The summed E-state index contributed by atoms with van der Waals surface area (Å²) in [5.74, 6) is 2.62. The van der Waals surface area contributed by atoms with Gasteiger partial charge in [0.05, 0.1) is 0 Å². The normalized spacial score (nSPS) is 42.2. The third-order valence-electron chi connectivity index (χ3n) is 8.95. The molecule has 0 unspecified atom stereocenters.